The molecule has 1 aromatic carbocycles. The van der Waals surface area contributed by atoms with Gasteiger partial charge in [-0.05, 0) is 24.5 Å². The minimum Gasteiger partial charge on any atom is -0.459 e. The zero-order chi connectivity index (χ0) is 15.1. The molecule has 0 saturated carbocycles. The fourth-order valence-corrected chi connectivity index (χ4v) is 1.27. The second-order valence-corrected chi connectivity index (χ2v) is 4.05. The van der Waals surface area contributed by atoms with Crippen LogP contribution in [-0.4, -0.2) is 42.3 Å². The van der Waals surface area contributed by atoms with Crippen LogP contribution in [0.5, 0.6) is 0 Å². The molecule has 0 aliphatic heterocycles. The summed E-state index contributed by atoms with van der Waals surface area (Å²) in [5.41, 5.74) is 0.812. The first-order chi connectivity index (χ1) is 9.41. The van der Waals surface area contributed by atoms with E-state index in [1.165, 1.54) is 31.2 Å². The lowest BCUT2D eigenvalue weighted by atomic mass is 9.80. The van der Waals surface area contributed by atoms with E-state index in [-0.39, 0.29) is 29.8 Å². The largest absolute Gasteiger partial charge is 0.488 e. The molecule has 0 bridgehead atoms. The number of hydrogen-bond donors (Lipinski definition) is 2. The van der Waals surface area contributed by atoms with Crippen LogP contribution in [0.15, 0.2) is 36.4 Å². The van der Waals surface area contributed by atoms with Gasteiger partial charge in [-0.3, -0.25) is 0 Å². The summed E-state index contributed by atoms with van der Waals surface area (Å²) in [5.74, 6) is -1.13. The highest BCUT2D eigenvalue weighted by Crippen LogP contribution is 2.01. The average molecular weight is 278 g/mol. The van der Waals surface area contributed by atoms with Crippen molar-refractivity contribution in [3.05, 3.63) is 42.0 Å². The van der Waals surface area contributed by atoms with E-state index in [0.29, 0.717) is 0 Å². The van der Waals surface area contributed by atoms with Gasteiger partial charge in [-0.15, -0.1) is 0 Å². The first-order valence-corrected chi connectivity index (χ1v) is 5.87. The highest BCUT2D eigenvalue weighted by atomic mass is 16.6. The monoisotopic (exact) mass is 278 g/mol. The number of rotatable bonds is 6. The zero-order valence-corrected chi connectivity index (χ0v) is 11.0. The van der Waals surface area contributed by atoms with Crippen LogP contribution in [0.1, 0.15) is 17.3 Å². The maximum atomic E-state index is 11.6. The smallest absolute Gasteiger partial charge is 0.459 e. The molecule has 2 N–H and O–H groups in total. The summed E-state index contributed by atoms with van der Waals surface area (Å²) in [5, 5.41) is 17.8. The van der Waals surface area contributed by atoms with Gasteiger partial charge in [0.1, 0.15) is 13.2 Å². The normalized spacial score (nSPS) is 9.75. The third-order valence-corrected chi connectivity index (χ3v) is 2.34. The summed E-state index contributed by atoms with van der Waals surface area (Å²) in [6, 6.07) is 5.64. The molecular weight excluding hydrogens is 263 g/mol. The molecule has 0 fully saturated rings. The molecule has 0 heterocycles. The lowest BCUT2D eigenvalue weighted by Gasteiger charge is -2.06. The molecule has 106 valence electrons. The highest BCUT2D eigenvalue weighted by molar-refractivity contribution is 6.58. The summed E-state index contributed by atoms with van der Waals surface area (Å²) >= 11 is 0. The van der Waals surface area contributed by atoms with Gasteiger partial charge in [-0.2, -0.15) is 0 Å². The molecule has 0 saturated heterocycles. The first-order valence-electron chi connectivity index (χ1n) is 5.87. The van der Waals surface area contributed by atoms with Gasteiger partial charge in [-0.1, -0.05) is 18.7 Å². The topological polar surface area (TPSA) is 93.1 Å². The Bertz CT molecular complexity index is 494. The molecule has 6 nitrogen and oxygen atoms in total. The van der Waals surface area contributed by atoms with Crippen LogP contribution in [0.2, 0.25) is 0 Å². The lowest BCUT2D eigenvalue weighted by Crippen LogP contribution is -2.29. The van der Waals surface area contributed by atoms with Gasteiger partial charge in [0.2, 0.25) is 0 Å². The maximum absolute atomic E-state index is 11.6. The summed E-state index contributed by atoms with van der Waals surface area (Å²) in [7, 11) is -1.58. The SMILES string of the molecule is C=C(C)C(=O)OCCOC(=O)c1ccc(B(O)O)cc1. The van der Waals surface area contributed by atoms with Gasteiger partial charge in [0.15, 0.2) is 0 Å². The van der Waals surface area contributed by atoms with E-state index in [2.05, 4.69) is 6.58 Å². The fourth-order valence-electron chi connectivity index (χ4n) is 1.27. The van der Waals surface area contributed by atoms with Crippen LogP contribution < -0.4 is 5.46 Å². The fraction of sp³-hybridized carbons (Fsp3) is 0.231. The zero-order valence-electron chi connectivity index (χ0n) is 11.0. The van der Waals surface area contributed by atoms with Crippen molar-refractivity contribution in [2.24, 2.45) is 0 Å². The second kappa shape index (κ2) is 7.47. The van der Waals surface area contributed by atoms with E-state index in [1.54, 1.807) is 0 Å². The van der Waals surface area contributed by atoms with E-state index < -0.39 is 19.1 Å². The van der Waals surface area contributed by atoms with Crippen molar-refractivity contribution in [3.63, 3.8) is 0 Å². The van der Waals surface area contributed by atoms with Crippen molar-refractivity contribution < 1.29 is 29.1 Å². The van der Waals surface area contributed by atoms with Gasteiger partial charge >= 0.3 is 19.1 Å². The number of carbonyl (C=O) groups is 2. The van der Waals surface area contributed by atoms with Crippen molar-refractivity contribution in [2.45, 2.75) is 6.92 Å². The summed E-state index contributed by atoms with van der Waals surface area (Å²) < 4.78 is 9.65. The van der Waals surface area contributed by atoms with E-state index >= 15 is 0 Å². The van der Waals surface area contributed by atoms with E-state index in [0.717, 1.165) is 0 Å². The average Bonchev–Trinajstić information content (AvgIpc) is 2.43. The molecule has 20 heavy (non-hydrogen) atoms. The Morgan fingerprint density at radius 3 is 2.20 bits per heavy atom. The molecule has 0 spiro atoms. The van der Waals surface area contributed by atoms with Crippen LogP contribution in [0.25, 0.3) is 0 Å². The van der Waals surface area contributed by atoms with Crippen molar-refractivity contribution in [1.29, 1.82) is 0 Å². The van der Waals surface area contributed by atoms with Gasteiger partial charge in [0.05, 0.1) is 5.56 Å². The molecule has 7 heteroatoms. The van der Waals surface area contributed by atoms with E-state index in [4.69, 9.17) is 19.5 Å². The minimum atomic E-state index is -1.58. The summed E-state index contributed by atoms with van der Waals surface area (Å²) in [6.07, 6.45) is 0. The molecule has 1 aromatic rings. The van der Waals surface area contributed by atoms with Gasteiger partial charge in [0, 0.05) is 5.57 Å². The summed E-state index contributed by atoms with van der Waals surface area (Å²) in [6.45, 7) is 4.82. The molecular formula is C13H15BO6. The second-order valence-electron chi connectivity index (χ2n) is 4.05. The molecule has 1 rings (SSSR count). The van der Waals surface area contributed by atoms with Gasteiger partial charge < -0.3 is 19.5 Å². The number of benzene rings is 1. The van der Waals surface area contributed by atoms with Crippen LogP contribution in [0, 0.1) is 0 Å². The van der Waals surface area contributed by atoms with Gasteiger partial charge in [0.25, 0.3) is 0 Å². The Morgan fingerprint density at radius 2 is 1.70 bits per heavy atom. The number of carbonyl (C=O) groups excluding carboxylic acids is 2. The number of hydrogen-bond acceptors (Lipinski definition) is 6. The quantitative estimate of drug-likeness (QED) is 0.319. The van der Waals surface area contributed by atoms with Crippen molar-refractivity contribution in [1.82, 2.24) is 0 Å². The lowest BCUT2D eigenvalue weighted by molar-refractivity contribution is -0.140. The van der Waals surface area contributed by atoms with Gasteiger partial charge in [-0.25, -0.2) is 9.59 Å². The standard InChI is InChI=1S/C13H15BO6/c1-9(2)12(15)19-7-8-20-13(16)10-3-5-11(6-4-10)14(17)18/h3-6,17-18H,1,7-8H2,2H3. The van der Waals surface area contributed by atoms with Crippen molar-refractivity contribution in [2.75, 3.05) is 13.2 Å². The first kappa shape index (κ1) is 15.9. The predicted molar refractivity (Wildman–Crippen MR) is 72.3 cm³/mol. The predicted octanol–water partition coefficient (Wildman–Crippen LogP) is -0.358. The van der Waals surface area contributed by atoms with Crippen molar-refractivity contribution >= 4 is 24.5 Å². The molecule has 0 aromatic heterocycles. The van der Waals surface area contributed by atoms with Crippen molar-refractivity contribution in [3.8, 4) is 0 Å². The Hall–Kier alpha value is -2.12. The molecule has 0 aliphatic carbocycles. The Balaban J connectivity index is 2.39. The Kier molecular flexibility index (Phi) is 5.95. The third kappa shape index (κ3) is 4.87. The molecule has 0 amide bonds. The van der Waals surface area contributed by atoms with Crippen LogP contribution in [-0.2, 0) is 14.3 Å². The summed E-state index contributed by atoms with van der Waals surface area (Å²) in [4.78, 5) is 22.6. The Morgan fingerprint density at radius 1 is 1.15 bits per heavy atom. The van der Waals surface area contributed by atoms with E-state index in [1.807, 2.05) is 0 Å². The number of esters is 2. The van der Waals surface area contributed by atoms with Crippen LogP contribution in [0.4, 0.5) is 0 Å². The highest BCUT2D eigenvalue weighted by Gasteiger charge is 2.13. The third-order valence-electron chi connectivity index (χ3n) is 2.34. The molecule has 0 atom stereocenters. The van der Waals surface area contributed by atoms with Crippen LogP contribution >= 0.6 is 0 Å². The molecule has 0 unspecified atom stereocenters. The minimum absolute atomic E-state index is 0.0507. The van der Waals surface area contributed by atoms with Crippen LogP contribution in [0.3, 0.4) is 0 Å². The Labute approximate surface area is 116 Å². The molecule has 0 radical (unpaired) electrons. The number of ether oxygens (including phenoxy) is 2. The van der Waals surface area contributed by atoms with E-state index in [9.17, 15) is 9.59 Å². The maximum Gasteiger partial charge on any atom is 0.488 e. The molecule has 0 aliphatic rings.